The van der Waals surface area contributed by atoms with Crippen LogP contribution in [0.3, 0.4) is 0 Å². The maximum absolute atomic E-state index is 10.7. The van der Waals surface area contributed by atoms with Gasteiger partial charge in [-0.25, -0.2) is 0 Å². The molecule has 0 spiro atoms. The molecule has 0 unspecified atom stereocenters. The number of benzene rings is 1. The Morgan fingerprint density at radius 3 is 1.50 bits per heavy atom. The van der Waals surface area contributed by atoms with E-state index in [9.17, 15) is 28.2 Å². The molecule has 1 aromatic carbocycles. The van der Waals surface area contributed by atoms with Gasteiger partial charge in [-0.2, -0.15) is 8.42 Å². The molecule has 0 heterocycles. The number of aromatic carboxylic acids is 2. The Morgan fingerprint density at radius 1 is 0.944 bits per heavy atom. The van der Waals surface area contributed by atoms with Crippen LogP contribution in [0.25, 0.3) is 0 Å². The first-order valence-corrected chi connectivity index (χ1v) is 5.21. The van der Waals surface area contributed by atoms with E-state index in [1.165, 1.54) is 0 Å². The van der Waals surface area contributed by atoms with E-state index in [1.54, 1.807) is 0 Å². The molecule has 0 aliphatic heterocycles. The third-order valence-electron chi connectivity index (χ3n) is 1.68. The first-order chi connectivity index (χ1) is 7.21. The molecule has 1 aromatic rings. The Balaban J connectivity index is 0. The normalized spacial score (nSPS) is 9.83. The van der Waals surface area contributed by atoms with Crippen molar-refractivity contribution in [3.63, 3.8) is 0 Å². The molecule has 0 aromatic heterocycles. The van der Waals surface area contributed by atoms with Gasteiger partial charge >= 0.3 is 0 Å². The summed E-state index contributed by atoms with van der Waals surface area (Å²) in [5.74, 6) is -3.54. The first kappa shape index (κ1) is 18.4. The average Bonchev–Trinajstić information content (AvgIpc) is 2.15. The second-order valence-electron chi connectivity index (χ2n) is 2.80. The summed E-state index contributed by atoms with van der Waals surface area (Å²) in [7, 11) is -4.70. The summed E-state index contributed by atoms with van der Waals surface area (Å²) in [6, 6.07) is 1.83. The number of hydrogen-bond donors (Lipinski definition) is 3. The van der Waals surface area contributed by atoms with Crippen LogP contribution in [0.1, 0.15) is 20.7 Å². The molecule has 0 aliphatic carbocycles. The standard InChI is InChI=1S/C8H6O7S.2H3N/c9-7(10)4-1-5(8(11)12)3-6(2-4)16(13,14)15;;/h1-3H,(H,9,10)(H,11,12)(H,13,14,15);2*1H3. The van der Waals surface area contributed by atoms with Gasteiger partial charge in [0.05, 0.1) is 16.8 Å². The second-order valence-corrected chi connectivity index (χ2v) is 4.22. The zero-order valence-corrected chi connectivity index (χ0v) is 10.4. The molecular weight excluding hydrogens is 268 g/mol. The third kappa shape index (κ3) is 4.10. The van der Waals surface area contributed by atoms with Crippen LogP contribution in [0.4, 0.5) is 0 Å². The number of carbonyl (C=O) groups excluding carboxylic acids is 2. The van der Waals surface area contributed by atoms with Gasteiger partial charge in [0.25, 0.3) is 10.1 Å². The molecular formula is C8H12N2O7S. The zero-order valence-electron chi connectivity index (χ0n) is 9.54. The quantitative estimate of drug-likeness (QED) is 0.552. The summed E-state index contributed by atoms with van der Waals surface area (Å²) >= 11 is 0. The number of carboxylic acid groups (broad SMARTS) is 2. The number of carbonyl (C=O) groups is 2. The summed E-state index contributed by atoms with van der Waals surface area (Å²) in [4.78, 5) is 20.1. The van der Waals surface area contributed by atoms with Crippen molar-refractivity contribution >= 4 is 22.1 Å². The maximum atomic E-state index is 10.7. The molecule has 0 saturated carbocycles. The number of rotatable bonds is 3. The van der Waals surface area contributed by atoms with Gasteiger partial charge in [0.2, 0.25) is 0 Å². The fourth-order valence-corrected chi connectivity index (χ4v) is 1.54. The van der Waals surface area contributed by atoms with E-state index in [0.29, 0.717) is 18.2 Å². The minimum Gasteiger partial charge on any atom is -0.545 e. The smallest absolute Gasteiger partial charge is 0.294 e. The third-order valence-corrected chi connectivity index (χ3v) is 2.51. The van der Waals surface area contributed by atoms with Crippen LogP contribution in [0.2, 0.25) is 0 Å². The minimum absolute atomic E-state index is 0. The van der Waals surface area contributed by atoms with E-state index in [2.05, 4.69) is 0 Å². The average molecular weight is 280 g/mol. The minimum atomic E-state index is -4.70. The van der Waals surface area contributed by atoms with E-state index in [0.717, 1.165) is 0 Å². The van der Waals surface area contributed by atoms with Crippen molar-refractivity contribution in [1.29, 1.82) is 0 Å². The molecule has 0 atom stereocenters. The Labute approximate surface area is 102 Å². The molecule has 0 aliphatic rings. The lowest BCUT2D eigenvalue weighted by atomic mass is 10.1. The van der Waals surface area contributed by atoms with Crippen molar-refractivity contribution in [2.45, 2.75) is 4.90 Å². The van der Waals surface area contributed by atoms with Crippen LogP contribution in [0.15, 0.2) is 23.1 Å². The van der Waals surface area contributed by atoms with Crippen LogP contribution < -0.4 is 22.5 Å². The lowest BCUT2D eigenvalue weighted by molar-refractivity contribution is -0.255. The van der Waals surface area contributed by atoms with Crippen molar-refractivity contribution in [3.05, 3.63) is 29.3 Å². The van der Waals surface area contributed by atoms with E-state index in [4.69, 9.17) is 4.55 Å². The second kappa shape index (κ2) is 6.07. The van der Waals surface area contributed by atoms with E-state index >= 15 is 0 Å². The van der Waals surface area contributed by atoms with Crippen molar-refractivity contribution in [3.8, 4) is 0 Å². The maximum Gasteiger partial charge on any atom is 0.294 e. The van der Waals surface area contributed by atoms with E-state index < -0.39 is 38.1 Å². The molecule has 10 heteroatoms. The monoisotopic (exact) mass is 280 g/mol. The Kier molecular flexibility index (Phi) is 6.19. The summed E-state index contributed by atoms with van der Waals surface area (Å²) in [5, 5.41) is 20.9. The van der Waals surface area contributed by atoms with E-state index in [1.807, 2.05) is 0 Å². The van der Waals surface area contributed by atoms with Crippen LogP contribution in [0.5, 0.6) is 0 Å². The number of hydrogen-bond acceptors (Lipinski definition) is 6. The summed E-state index contributed by atoms with van der Waals surface area (Å²) in [6.07, 6.45) is 0. The summed E-state index contributed by atoms with van der Waals surface area (Å²) in [6.45, 7) is 0. The molecule has 0 bridgehead atoms. The molecule has 0 fully saturated rings. The van der Waals surface area contributed by atoms with Crippen molar-refractivity contribution in [2.24, 2.45) is 0 Å². The van der Waals surface area contributed by atoms with Gasteiger partial charge in [-0.15, -0.1) is 0 Å². The number of carboxylic acids is 2. The molecule has 1 rings (SSSR count). The van der Waals surface area contributed by atoms with Gasteiger partial charge < -0.3 is 32.1 Å². The Bertz CT molecular complexity index is 535. The molecule has 0 amide bonds. The molecule has 18 heavy (non-hydrogen) atoms. The predicted molar refractivity (Wildman–Crippen MR) is 56.9 cm³/mol. The molecule has 9 nitrogen and oxygen atoms in total. The van der Waals surface area contributed by atoms with E-state index in [-0.39, 0.29) is 12.3 Å². The van der Waals surface area contributed by atoms with Crippen molar-refractivity contribution in [2.75, 3.05) is 0 Å². The summed E-state index contributed by atoms with van der Waals surface area (Å²) in [5.41, 5.74) is -1.37. The van der Waals surface area contributed by atoms with Gasteiger partial charge in [-0.1, -0.05) is 0 Å². The number of quaternary nitrogens is 2. The highest BCUT2D eigenvalue weighted by Gasteiger charge is 2.13. The zero-order chi connectivity index (χ0) is 12.5. The topological polar surface area (TPSA) is 208 Å². The van der Waals surface area contributed by atoms with Crippen LogP contribution in [-0.2, 0) is 10.1 Å². The first-order valence-electron chi connectivity index (χ1n) is 3.77. The van der Waals surface area contributed by atoms with Crippen molar-refractivity contribution < 1.29 is 32.8 Å². The Hall–Kier alpha value is -2.01. The fourth-order valence-electron chi connectivity index (χ4n) is 0.984. The van der Waals surface area contributed by atoms with Gasteiger partial charge in [0.1, 0.15) is 0 Å². The van der Waals surface area contributed by atoms with Crippen LogP contribution >= 0.6 is 0 Å². The van der Waals surface area contributed by atoms with Crippen LogP contribution in [0, 0.1) is 0 Å². The highest BCUT2D eigenvalue weighted by molar-refractivity contribution is 7.85. The van der Waals surface area contributed by atoms with Crippen molar-refractivity contribution in [1.82, 2.24) is 12.3 Å². The largest absolute Gasteiger partial charge is 0.545 e. The molecule has 0 saturated heterocycles. The van der Waals surface area contributed by atoms with Crippen LogP contribution in [-0.4, -0.2) is 24.9 Å². The lowest BCUT2D eigenvalue weighted by Crippen LogP contribution is -2.26. The SMILES string of the molecule is O=C([O-])c1cc(C(=O)[O-])cc(S(=O)(=O)O)c1.[NH4+].[NH4+]. The lowest BCUT2D eigenvalue weighted by Gasteiger charge is -2.09. The molecule has 102 valence electrons. The molecule has 0 radical (unpaired) electrons. The predicted octanol–water partition coefficient (Wildman–Crippen LogP) is -1.59. The highest BCUT2D eigenvalue weighted by atomic mass is 32.2. The molecule has 9 N–H and O–H groups in total. The Morgan fingerprint density at radius 2 is 1.28 bits per heavy atom. The van der Waals surface area contributed by atoms with Gasteiger partial charge in [-0.05, 0) is 29.3 Å². The summed E-state index contributed by atoms with van der Waals surface area (Å²) < 4.78 is 30.1. The van der Waals surface area contributed by atoms with Gasteiger partial charge in [0.15, 0.2) is 0 Å². The van der Waals surface area contributed by atoms with Gasteiger partial charge in [-0.3, -0.25) is 4.55 Å². The van der Waals surface area contributed by atoms with Gasteiger partial charge in [0, 0.05) is 0 Å². The fraction of sp³-hybridized carbons (Fsp3) is 0. The highest BCUT2D eigenvalue weighted by Crippen LogP contribution is 2.14.